The first kappa shape index (κ1) is 23.2. The molecular formula is C23H31ClN4O3. The smallest absolute Gasteiger partial charge is 0.253 e. The summed E-state index contributed by atoms with van der Waals surface area (Å²) < 4.78 is 11.3. The quantitative estimate of drug-likeness (QED) is 0.447. The molecule has 8 heteroatoms. The fraction of sp³-hybridized carbons (Fsp3) is 0.478. The number of hydrogen-bond acceptors (Lipinski definition) is 6. The molecule has 1 aromatic heterocycles. The summed E-state index contributed by atoms with van der Waals surface area (Å²) in [6.07, 6.45) is 3.26. The molecule has 1 aromatic carbocycles. The predicted molar refractivity (Wildman–Crippen MR) is 123 cm³/mol. The maximum atomic E-state index is 12.5. The summed E-state index contributed by atoms with van der Waals surface area (Å²) in [5, 5.41) is 6.06. The average molecular weight is 447 g/mol. The van der Waals surface area contributed by atoms with Crippen LogP contribution in [-0.4, -0.2) is 55.2 Å². The molecule has 1 fully saturated rings. The molecule has 1 amide bonds. The third-order valence-electron chi connectivity index (χ3n) is 5.27. The maximum Gasteiger partial charge on any atom is 0.253 e. The number of hydrogen-bond donors (Lipinski definition) is 2. The van der Waals surface area contributed by atoms with Crippen LogP contribution in [0.1, 0.15) is 48.1 Å². The number of piperidine rings is 1. The van der Waals surface area contributed by atoms with Gasteiger partial charge in [0.15, 0.2) is 0 Å². The zero-order chi connectivity index (χ0) is 22.2. The molecule has 168 valence electrons. The molecule has 0 spiro atoms. The summed E-state index contributed by atoms with van der Waals surface area (Å²) in [7, 11) is 1.80. The van der Waals surface area contributed by atoms with Crippen LogP contribution >= 0.6 is 11.6 Å². The van der Waals surface area contributed by atoms with Gasteiger partial charge in [0, 0.05) is 38.4 Å². The van der Waals surface area contributed by atoms with Crippen molar-refractivity contribution < 1.29 is 14.3 Å². The lowest BCUT2D eigenvalue weighted by Gasteiger charge is -2.35. The largest absolute Gasteiger partial charge is 0.494 e. The van der Waals surface area contributed by atoms with Crippen LogP contribution in [0.3, 0.4) is 0 Å². The van der Waals surface area contributed by atoms with E-state index in [1.54, 1.807) is 25.4 Å². The number of carbonyl (C=O) groups is 1. The molecule has 1 unspecified atom stereocenters. The second-order valence-corrected chi connectivity index (χ2v) is 7.82. The Kier molecular flexibility index (Phi) is 8.37. The normalized spacial score (nSPS) is 15.9. The number of amides is 1. The second-order valence-electron chi connectivity index (χ2n) is 7.41. The number of rotatable bonds is 9. The SMILES string of the molecule is CCOc1cc(OCC)cc(C(Cl)N2CCC(NC(=O)c3ccc(NC)nc3)CC2)c1. The van der Waals surface area contributed by atoms with Gasteiger partial charge < -0.3 is 20.1 Å². The lowest BCUT2D eigenvalue weighted by atomic mass is 10.0. The van der Waals surface area contributed by atoms with Crippen LogP contribution in [0.4, 0.5) is 5.82 Å². The number of alkyl halides is 1. The fourth-order valence-electron chi connectivity index (χ4n) is 3.66. The topological polar surface area (TPSA) is 75.7 Å². The molecule has 2 N–H and O–H groups in total. The number of anilines is 1. The maximum absolute atomic E-state index is 12.5. The van der Waals surface area contributed by atoms with Crippen molar-refractivity contribution in [1.82, 2.24) is 15.2 Å². The Morgan fingerprint density at radius 2 is 1.81 bits per heavy atom. The molecule has 0 saturated carbocycles. The van der Waals surface area contributed by atoms with E-state index in [0.29, 0.717) is 18.8 Å². The standard InChI is InChI=1S/C23H31ClN4O3/c1-4-30-19-12-17(13-20(14-19)31-5-2)22(24)28-10-8-18(9-11-28)27-23(29)16-6-7-21(25-3)26-15-16/h6-7,12-15,18,22H,4-5,8-11H2,1-3H3,(H,25,26)(H,27,29). The molecule has 3 rings (SSSR count). The molecule has 0 bridgehead atoms. The molecule has 2 aromatic rings. The fourth-order valence-corrected chi connectivity index (χ4v) is 3.98. The third kappa shape index (κ3) is 6.24. The Balaban J connectivity index is 1.57. The van der Waals surface area contributed by atoms with Gasteiger partial charge in [-0.3, -0.25) is 9.69 Å². The van der Waals surface area contributed by atoms with Crippen LogP contribution in [0.25, 0.3) is 0 Å². The van der Waals surface area contributed by atoms with Crippen molar-refractivity contribution in [1.29, 1.82) is 0 Å². The molecule has 31 heavy (non-hydrogen) atoms. The number of halogens is 1. The van der Waals surface area contributed by atoms with Gasteiger partial charge in [0.05, 0.1) is 18.8 Å². The first-order chi connectivity index (χ1) is 15.0. The summed E-state index contributed by atoms with van der Waals surface area (Å²) in [5.74, 6) is 2.16. The van der Waals surface area contributed by atoms with E-state index in [9.17, 15) is 4.79 Å². The number of nitrogens with one attached hydrogen (secondary N) is 2. The summed E-state index contributed by atoms with van der Waals surface area (Å²) in [5.41, 5.74) is 1.23. The lowest BCUT2D eigenvalue weighted by Crippen LogP contribution is -2.45. The van der Waals surface area contributed by atoms with E-state index in [1.165, 1.54) is 0 Å². The lowest BCUT2D eigenvalue weighted by molar-refractivity contribution is 0.0906. The molecule has 1 saturated heterocycles. The first-order valence-corrected chi connectivity index (χ1v) is 11.2. The van der Waals surface area contributed by atoms with Gasteiger partial charge in [-0.15, -0.1) is 11.6 Å². The van der Waals surface area contributed by atoms with Crippen molar-refractivity contribution in [3.05, 3.63) is 47.7 Å². The van der Waals surface area contributed by atoms with Crippen molar-refractivity contribution >= 4 is 23.3 Å². The summed E-state index contributed by atoms with van der Waals surface area (Å²) in [6, 6.07) is 9.52. The average Bonchev–Trinajstić information content (AvgIpc) is 2.79. The number of ether oxygens (including phenoxy) is 2. The highest BCUT2D eigenvalue weighted by atomic mass is 35.5. The number of aromatic nitrogens is 1. The molecule has 7 nitrogen and oxygen atoms in total. The number of carbonyl (C=O) groups excluding carboxylic acids is 1. The van der Waals surface area contributed by atoms with E-state index in [-0.39, 0.29) is 17.5 Å². The number of pyridine rings is 1. The second kappa shape index (κ2) is 11.2. The van der Waals surface area contributed by atoms with Crippen molar-refractivity contribution in [3.63, 3.8) is 0 Å². The van der Waals surface area contributed by atoms with Crippen LogP contribution < -0.4 is 20.1 Å². The Morgan fingerprint density at radius 1 is 1.16 bits per heavy atom. The summed E-state index contributed by atoms with van der Waals surface area (Å²) in [6.45, 7) is 6.66. The van der Waals surface area contributed by atoms with Gasteiger partial charge in [-0.05, 0) is 56.5 Å². The van der Waals surface area contributed by atoms with Gasteiger partial charge >= 0.3 is 0 Å². The van der Waals surface area contributed by atoms with Crippen LogP contribution in [-0.2, 0) is 0 Å². The van der Waals surface area contributed by atoms with E-state index < -0.39 is 0 Å². The van der Waals surface area contributed by atoms with Crippen molar-refractivity contribution in [2.45, 2.75) is 38.2 Å². The number of nitrogens with zero attached hydrogens (tertiary/aromatic N) is 2. The van der Waals surface area contributed by atoms with Gasteiger partial charge in [0.2, 0.25) is 0 Å². The summed E-state index contributed by atoms with van der Waals surface area (Å²) in [4.78, 5) is 18.9. The van der Waals surface area contributed by atoms with Crippen molar-refractivity contribution in [2.24, 2.45) is 0 Å². The molecule has 2 heterocycles. The van der Waals surface area contributed by atoms with Crippen LogP contribution in [0.2, 0.25) is 0 Å². The van der Waals surface area contributed by atoms with Crippen molar-refractivity contribution in [3.8, 4) is 11.5 Å². The van der Waals surface area contributed by atoms with E-state index in [2.05, 4.69) is 20.5 Å². The minimum absolute atomic E-state index is 0.0956. The van der Waals surface area contributed by atoms with Crippen LogP contribution in [0, 0.1) is 0 Å². The van der Waals surface area contributed by atoms with Crippen LogP contribution in [0.15, 0.2) is 36.5 Å². The summed E-state index contributed by atoms with van der Waals surface area (Å²) >= 11 is 6.82. The first-order valence-electron chi connectivity index (χ1n) is 10.8. The molecule has 0 radical (unpaired) electrons. The Morgan fingerprint density at radius 3 is 2.32 bits per heavy atom. The van der Waals surface area contributed by atoms with E-state index in [0.717, 1.165) is 48.8 Å². The van der Waals surface area contributed by atoms with E-state index in [1.807, 2.05) is 32.0 Å². The van der Waals surface area contributed by atoms with Gasteiger partial charge in [0.25, 0.3) is 5.91 Å². The monoisotopic (exact) mass is 446 g/mol. The minimum atomic E-state index is -0.283. The van der Waals surface area contributed by atoms with Gasteiger partial charge in [-0.2, -0.15) is 0 Å². The van der Waals surface area contributed by atoms with Gasteiger partial charge in [0.1, 0.15) is 22.8 Å². The molecule has 1 aliphatic heterocycles. The molecule has 1 atom stereocenters. The Bertz CT molecular complexity index is 830. The minimum Gasteiger partial charge on any atom is -0.494 e. The number of benzene rings is 1. The molecular weight excluding hydrogens is 416 g/mol. The third-order valence-corrected chi connectivity index (χ3v) is 5.79. The highest BCUT2D eigenvalue weighted by Gasteiger charge is 2.26. The van der Waals surface area contributed by atoms with Crippen LogP contribution in [0.5, 0.6) is 11.5 Å². The molecule has 0 aliphatic carbocycles. The zero-order valence-corrected chi connectivity index (χ0v) is 19.1. The van der Waals surface area contributed by atoms with E-state index >= 15 is 0 Å². The highest BCUT2D eigenvalue weighted by Crippen LogP contribution is 2.33. The highest BCUT2D eigenvalue weighted by molar-refractivity contribution is 6.20. The predicted octanol–water partition coefficient (Wildman–Crippen LogP) is 4.05. The zero-order valence-electron chi connectivity index (χ0n) is 18.4. The van der Waals surface area contributed by atoms with E-state index in [4.69, 9.17) is 21.1 Å². The Labute approximate surface area is 189 Å². The van der Waals surface area contributed by atoms with Crippen molar-refractivity contribution in [2.75, 3.05) is 38.7 Å². The van der Waals surface area contributed by atoms with Gasteiger partial charge in [-0.25, -0.2) is 4.98 Å². The molecule has 1 aliphatic rings. The number of likely N-dealkylation sites (tertiary alicyclic amines) is 1. The Hall–Kier alpha value is -2.51. The van der Waals surface area contributed by atoms with Gasteiger partial charge in [-0.1, -0.05) is 0 Å².